The van der Waals surface area contributed by atoms with Gasteiger partial charge in [0.05, 0.1) is 11.4 Å². The molecule has 0 unspecified atom stereocenters. The predicted octanol–water partition coefficient (Wildman–Crippen LogP) is 4.27. The topological polar surface area (TPSA) is 57.4 Å². The minimum absolute atomic E-state index is 0. The van der Waals surface area contributed by atoms with Crippen LogP contribution in [0.1, 0.15) is 22.8 Å². The Balaban J connectivity index is 0.00000157. The molecule has 3 aromatic heterocycles. The maximum atomic E-state index is 4.75. The SMILES string of the molecule is C1=Cc2cc3ccc(cc4nc(cc5ccc(cc1n2)[nH]5)CC4)[nH]3.[Zn]. The average molecular weight is 378 g/mol. The Morgan fingerprint density at radius 2 is 1.04 bits per heavy atom. The minimum atomic E-state index is 0. The average Bonchev–Trinajstić information content (AvgIpc) is 3.32. The van der Waals surface area contributed by atoms with E-state index in [2.05, 4.69) is 63.5 Å². The molecule has 2 aliphatic heterocycles. The molecule has 118 valence electrons. The number of H-pyrrole nitrogens is 2. The summed E-state index contributed by atoms with van der Waals surface area (Å²) in [5.41, 5.74) is 8.40. The number of nitrogens with one attached hydrogen (secondary N) is 2. The van der Waals surface area contributed by atoms with E-state index in [9.17, 15) is 0 Å². The molecule has 3 aromatic rings. The molecule has 25 heavy (non-hydrogen) atoms. The van der Waals surface area contributed by atoms with E-state index in [0.717, 1.165) is 57.7 Å². The van der Waals surface area contributed by atoms with Crippen molar-refractivity contribution in [1.29, 1.82) is 0 Å². The van der Waals surface area contributed by atoms with Crippen LogP contribution in [0.2, 0.25) is 0 Å². The first-order valence-electron chi connectivity index (χ1n) is 8.14. The van der Waals surface area contributed by atoms with Crippen LogP contribution in [0.5, 0.6) is 0 Å². The summed E-state index contributed by atoms with van der Waals surface area (Å²) in [7, 11) is 0. The summed E-state index contributed by atoms with van der Waals surface area (Å²) in [6, 6.07) is 16.7. The second-order valence-electron chi connectivity index (χ2n) is 6.20. The molecular weight excluding hydrogens is 362 g/mol. The van der Waals surface area contributed by atoms with E-state index >= 15 is 0 Å². The van der Waals surface area contributed by atoms with Gasteiger partial charge in [0.15, 0.2) is 0 Å². The monoisotopic (exact) mass is 376 g/mol. The molecule has 2 aliphatic rings. The van der Waals surface area contributed by atoms with Gasteiger partial charge in [-0.2, -0.15) is 0 Å². The van der Waals surface area contributed by atoms with Crippen LogP contribution >= 0.6 is 0 Å². The van der Waals surface area contributed by atoms with Crippen LogP contribution in [0.25, 0.3) is 34.2 Å². The van der Waals surface area contributed by atoms with Gasteiger partial charge >= 0.3 is 0 Å². The van der Waals surface area contributed by atoms with Gasteiger partial charge in [0.2, 0.25) is 0 Å². The number of nitrogens with zero attached hydrogens (tertiary/aromatic N) is 2. The van der Waals surface area contributed by atoms with Crippen LogP contribution in [-0.4, -0.2) is 19.9 Å². The summed E-state index contributed by atoms with van der Waals surface area (Å²) >= 11 is 0. The van der Waals surface area contributed by atoms with E-state index in [1.165, 1.54) is 0 Å². The molecule has 5 heterocycles. The Kier molecular flexibility index (Phi) is 4.10. The summed E-state index contributed by atoms with van der Waals surface area (Å²) in [6.07, 6.45) is 6.03. The zero-order valence-corrected chi connectivity index (χ0v) is 16.8. The second kappa shape index (κ2) is 6.42. The molecule has 0 radical (unpaired) electrons. The first kappa shape index (κ1) is 16.0. The first-order valence-corrected chi connectivity index (χ1v) is 8.14. The van der Waals surface area contributed by atoms with Crippen LogP contribution in [0.4, 0.5) is 0 Å². The van der Waals surface area contributed by atoms with Crippen LogP contribution in [-0.2, 0) is 32.3 Å². The van der Waals surface area contributed by atoms with Crippen molar-refractivity contribution in [2.75, 3.05) is 0 Å². The van der Waals surface area contributed by atoms with Crippen LogP contribution in [0.3, 0.4) is 0 Å². The largest absolute Gasteiger partial charge is 0.355 e. The van der Waals surface area contributed by atoms with E-state index in [1.54, 1.807) is 0 Å². The van der Waals surface area contributed by atoms with E-state index in [0.29, 0.717) is 0 Å². The third kappa shape index (κ3) is 3.33. The van der Waals surface area contributed by atoms with E-state index < -0.39 is 0 Å². The Bertz CT molecular complexity index is 1040. The molecule has 0 aliphatic carbocycles. The quantitative estimate of drug-likeness (QED) is 0.450. The number of aromatic nitrogens is 4. The third-order valence-electron chi connectivity index (χ3n) is 4.32. The summed E-state index contributed by atoms with van der Waals surface area (Å²) in [4.78, 5) is 16.2. The predicted molar refractivity (Wildman–Crippen MR) is 97.3 cm³/mol. The standard InChI is InChI=1S/C20H16N4.Zn/c1-2-14-10-16-5-6-18(23-16)12-20-8-7-19(24-20)11-17-4-3-15(22-17)9-13(1)21-14;/h1-6,9-12,22-23H,7-8H2;. The fourth-order valence-corrected chi connectivity index (χ4v) is 3.19. The fraction of sp³-hybridized carbons (Fsp3) is 0.100. The summed E-state index contributed by atoms with van der Waals surface area (Å²) in [5.74, 6) is 0. The number of hydrogen-bond acceptors (Lipinski definition) is 2. The van der Waals surface area contributed by atoms with Gasteiger partial charge in [0, 0.05) is 52.9 Å². The molecule has 0 aromatic carbocycles. The molecule has 0 spiro atoms. The normalized spacial score (nSPS) is 12.8. The van der Waals surface area contributed by atoms with Gasteiger partial charge in [-0.05, 0) is 73.5 Å². The summed E-state index contributed by atoms with van der Waals surface area (Å²) in [5, 5.41) is 0. The van der Waals surface area contributed by atoms with Gasteiger partial charge in [-0.3, -0.25) is 4.98 Å². The van der Waals surface area contributed by atoms with Crippen molar-refractivity contribution in [1.82, 2.24) is 19.9 Å². The van der Waals surface area contributed by atoms with Gasteiger partial charge < -0.3 is 9.97 Å². The van der Waals surface area contributed by atoms with Gasteiger partial charge in [-0.1, -0.05) is 0 Å². The van der Waals surface area contributed by atoms with E-state index in [4.69, 9.17) is 4.98 Å². The third-order valence-corrected chi connectivity index (χ3v) is 4.32. The van der Waals surface area contributed by atoms with Crippen molar-refractivity contribution >= 4 is 34.2 Å². The maximum Gasteiger partial charge on any atom is 0.0658 e. The molecular formula is C20H16N4Zn. The number of hydrogen-bond donors (Lipinski definition) is 2. The van der Waals surface area contributed by atoms with Gasteiger partial charge in [0.25, 0.3) is 0 Å². The van der Waals surface area contributed by atoms with Crippen LogP contribution in [0, 0.1) is 0 Å². The Morgan fingerprint density at radius 3 is 1.52 bits per heavy atom. The Morgan fingerprint density at radius 1 is 0.600 bits per heavy atom. The van der Waals surface area contributed by atoms with Gasteiger partial charge in [-0.15, -0.1) is 0 Å². The van der Waals surface area contributed by atoms with Crippen molar-refractivity contribution < 1.29 is 19.5 Å². The second-order valence-corrected chi connectivity index (χ2v) is 6.20. The van der Waals surface area contributed by atoms with E-state index in [1.807, 2.05) is 12.2 Å². The zero-order valence-electron chi connectivity index (χ0n) is 13.8. The molecule has 5 heteroatoms. The summed E-state index contributed by atoms with van der Waals surface area (Å²) in [6.45, 7) is 0. The summed E-state index contributed by atoms with van der Waals surface area (Å²) < 4.78 is 0. The van der Waals surface area contributed by atoms with Crippen molar-refractivity contribution in [2.24, 2.45) is 0 Å². The maximum absolute atomic E-state index is 4.75. The Labute approximate surface area is 157 Å². The van der Waals surface area contributed by atoms with Gasteiger partial charge in [0.1, 0.15) is 0 Å². The molecule has 4 nitrogen and oxygen atoms in total. The van der Waals surface area contributed by atoms with E-state index in [-0.39, 0.29) is 19.5 Å². The number of aryl methyl sites for hydroxylation is 2. The molecule has 0 saturated carbocycles. The minimum Gasteiger partial charge on any atom is -0.355 e. The van der Waals surface area contributed by atoms with Crippen molar-refractivity contribution in [3.05, 3.63) is 71.3 Å². The number of fused-ring (bicyclic) bond motifs is 8. The van der Waals surface area contributed by atoms with Crippen molar-refractivity contribution in [3.8, 4) is 0 Å². The van der Waals surface area contributed by atoms with Crippen LogP contribution < -0.4 is 0 Å². The van der Waals surface area contributed by atoms with Gasteiger partial charge in [-0.25, -0.2) is 4.98 Å². The van der Waals surface area contributed by atoms with Crippen molar-refractivity contribution in [2.45, 2.75) is 12.8 Å². The van der Waals surface area contributed by atoms with Crippen molar-refractivity contribution in [3.63, 3.8) is 0 Å². The van der Waals surface area contributed by atoms with Crippen LogP contribution in [0.15, 0.2) is 48.5 Å². The molecule has 0 saturated heterocycles. The molecule has 8 bridgehead atoms. The number of aromatic amines is 2. The molecule has 5 rings (SSSR count). The zero-order chi connectivity index (χ0) is 15.9. The Hall–Kier alpha value is -2.52. The molecule has 0 amide bonds. The molecule has 2 N–H and O–H groups in total. The smallest absolute Gasteiger partial charge is 0.0658 e. The molecule has 0 atom stereocenters. The molecule has 0 fully saturated rings. The fourth-order valence-electron chi connectivity index (χ4n) is 3.19. The first-order chi connectivity index (χ1) is 11.8. The number of rotatable bonds is 0.